The van der Waals surface area contributed by atoms with Crippen LogP contribution in [-0.2, 0) is 32.9 Å². The summed E-state index contributed by atoms with van der Waals surface area (Å²) in [6.45, 7) is 4.08. The SMILES string of the molecule is CCCCCC[C@H](O)[C@@](O)([CH2][Hg][Br])[C@@H](O)C[S@@](=O)c1ccc(C)cc1. The number of hydrogen-bond acceptors (Lipinski definition) is 4. The molecule has 0 aromatic heterocycles. The predicted octanol–water partition coefficient (Wildman–Crippen LogP) is 3.34. The summed E-state index contributed by atoms with van der Waals surface area (Å²) in [6, 6.07) is 7.32. The third kappa shape index (κ3) is 7.66. The number of unbranched alkanes of at least 4 members (excludes halogenated alkanes) is 3. The molecule has 4 nitrogen and oxygen atoms in total. The molecule has 0 saturated heterocycles. The van der Waals surface area contributed by atoms with Crippen LogP contribution >= 0.6 is 11.9 Å². The molecular formula is C18H29BrHgO4S. The Bertz CT molecular complexity index is 528. The van der Waals surface area contributed by atoms with Gasteiger partial charge in [-0.1, -0.05) is 0 Å². The summed E-state index contributed by atoms with van der Waals surface area (Å²) in [5.74, 6) is -0.0631. The fourth-order valence-corrected chi connectivity index (χ4v) is 13.3. The first-order chi connectivity index (χ1) is 11.8. The van der Waals surface area contributed by atoms with Crippen molar-refractivity contribution >= 4 is 22.7 Å². The van der Waals surface area contributed by atoms with Crippen LogP contribution in [0.2, 0.25) is 3.93 Å². The third-order valence-corrected chi connectivity index (χ3v) is 13.3. The molecule has 0 amide bonds. The zero-order valence-electron chi connectivity index (χ0n) is 15.2. The molecular weight excluding hydrogens is 593 g/mol. The molecule has 140 valence electrons. The quantitative estimate of drug-likeness (QED) is 0.247. The van der Waals surface area contributed by atoms with Crippen molar-refractivity contribution in [1.29, 1.82) is 0 Å². The average molecular weight is 622 g/mol. The molecule has 0 aliphatic carbocycles. The average Bonchev–Trinajstić information content (AvgIpc) is 2.59. The zero-order valence-corrected chi connectivity index (χ0v) is 23.1. The van der Waals surface area contributed by atoms with Crippen molar-refractivity contribution in [2.24, 2.45) is 0 Å². The van der Waals surface area contributed by atoms with Crippen LogP contribution in [0.1, 0.15) is 44.6 Å². The van der Waals surface area contributed by atoms with E-state index in [9.17, 15) is 19.5 Å². The first-order valence-corrected chi connectivity index (χ1v) is 26.1. The third-order valence-electron chi connectivity index (χ3n) is 4.57. The van der Waals surface area contributed by atoms with Gasteiger partial charge < -0.3 is 0 Å². The van der Waals surface area contributed by atoms with E-state index < -0.39 is 50.8 Å². The molecule has 0 bridgehead atoms. The minimum atomic E-state index is -1.56. The number of benzene rings is 1. The molecule has 0 heterocycles. The second-order valence-electron chi connectivity index (χ2n) is 6.64. The van der Waals surface area contributed by atoms with Gasteiger partial charge in [0, 0.05) is 0 Å². The van der Waals surface area contributed by atoms with Crippen LogP contribution in [0.5, 0.6) is 0 Å². The fraction of sp³-hybridized carbons (Fsp3) is 0.667. The Labute approximate surface area is 171 Å². The number of aryl methyl sites for hydroxylation is 1. The molecule has 0 aliphatic heterocycles. The van der Waals surface area contributed by atoms with Crippen molar-refractivity contribution in [3.8, 4) is 0 Å². The molecule has 0 radical (unpaired) electrons. The van der Waals surface area contributed by atoms with Crippen molar-refractivity contribution < 1.29 is 41.7 Å². The molecule has 0 fully saturated rings. The Kier molecular flexibility index (Phi) is 11.6. The van der Waals surface area contributed by atoms with Crippen molar-refractivity contribution in [1.82, 2.24) is 0 Å². The predicted molar refractivity (Wildman–Crippen MR) is 102 cm³/mol. The number of rotatable bonds is 12. The van der Waals surface area contributed by atoms with Gasteiger partial charge in [0.25, 0.3) is 0 Å². The molecule has 7 heteroatoms. The molecule has 0 unspecified atom stereocenters. The van der Waals surface area contributed by atoms with E-state index in [-0.39, 0.29) is 5.75 Å². The number of aliphatic hydroxyl groups excluding tert-OH is 2. The van der Waals surface area contributed by atoms with Crippen molar-refractivity contribution in [3.63, 3.8) is 0 Å². The summed E-state index contributed by atoms with van der Waals surface area (Å²) in [6.07, 6.45) is 2.32. The number of hydrogen-bond donors (Lipinski definition) is 3. The van der Waals surface area contributed by atoms with Gasteiger partial charge in [0.15, 0.2) is 0 Å². The molecule has 0 spiro atoms. The van der Waals surface area contributed by atoms with Crippen LogP contribution in [0.15, 0.2) is 29.2 Å². The monoisotopic (exact) mass is 622 g/mol. The van der Waals surface area contributed by atoms with Gasteiger partial charge in [-0.05, 0) is 0 Å². The van der Waals surface area contributed by atoms with E-state index in [1.165, 1.54) is 0 Å². The van der Waals surface area contributed by atoms with Crippen LogP contribution in [-0.4, -0.2) is 43.1 Å². The Balaban J connectivity index is 2.74. The Morgan fingerprint density at radius 3 is 2.36 bits per heavy atom. The van der Waals surface area contributed by atoms with Gasteiger partial charge in [-0.15, -0.1) is 0 Å². The first-order valence-electron chi connectivity index (χ1n) is 8.94. The normalized spacial score (nSPS) is 17.4. The zero-order chi connectivity index (χ0) is 18.9. The standard InChI is InChI=1S/C18H29O4S.BrH.Hg/c1-4-5-6-7-8-16(19)18(3,21)17(20)13-23(22)15-11-9-14(2)10-12-15;;/h9-12,16-17,19-21H,3-8,13H2,1-2H3;1H;/q;;+1/p-1/t16-,17-,18-,23+;;/m0../s1. The molecule has 0 aliphatic rings. The minimum absolute atomic E-state index is 0.0631. The van der Waals surface area contributed by atoms with Crippen molar-refractivity contribution in [2.75, 3.05) is 5.75 Å². The number of halogens is 1. The maximum atomic E-state index is 12.5. The van der Waals surface area contributed by atoms with Crippen molar-refractivity contribution in [3.05, 3.63) is 29.8 Å². The van der Waals surface area contributed by atoms with Crippen LogP contribution in [0.3, 0.4) is 0 Å². The summed E-state index contributed by atoms with van der Waals surface area (Å²) in [7, 11) is -1.41. The molecule has 1 rings (SSSR count). The van der Waals surface area contributed by atoms with Gasteiger partial charge in [-0.25, -0.2) is 0 Å². The molecule has 1 aromatic rings. The van der Waals surface area contributed by atoms with Gasteiger partial charge in [-0.3, -0.25) is 0 Å². The van der Waals surface area contributed by atoms with Gasteiger partial charge >= 0.3 is 173 Å². The molecule has 4 atom stereocenters. The van der Waals surface area contributed by atoms with Gasteiger partial charge in [0.1, 0.15) is 0 Å². The van der Waals surface area contributed by atoms with E-state index in [0.717, 1.165) is 31.2 Å². The van der Waals surface area contributed by atoms with E-state index in [4.69, 9.17) is 0 Å². The Hall–Kier alpha value is 0.665. The Morgan fingerprint density at radius 2 is 1.80 bits per heavy atom. The number of aliphatic hydroxyl groups is 3. The van der Waals surface area contributed by atoms with Crippen LogP contribution in [0, 0.1) is 6.92 Å². The van der Waals surface area contributed by atoms with E-state index >= 15 is 0 Å². The summed E-state index contributed by atoms with van der Waals surface area (Å²) >= 11 is 2.00. The molecule has 1 aromatic carbocycles. The van der Waals surface area contributed by atoms with E-state index in [1.54, 1.807) is 12.1 Å². The Morgan fingerprint density at radius 1 is 1.16 bits per heavy atom. The van der Waals surface area contributed by atoms with E-state index in [0.29, 0.717) is 15.2 Å². The second-order valence-corrected chi connectivity index (χ2v) is 18.5. The summed E-state index contributed by atoms with van der Waals surface area (Å²) < 4.78 is 12.9. The summed E-state index contributed by atoms with van der Waals surface area (Å²) in [5, 5.41) is 32.0. The van der Waals surface area contributed by atoms with E-state index in [1.807, 2.05) is 19.1 Å². The van der Waals surface area contributed by atoms with Gasteiger partial charge in [-0.2, -0.15) is 0 Å². The molecule has 0 saturated carbocycles. The fourth-order valence-electron chi connectivity index (χ4n) is 2.80. The summed E-state index contributed by atoms with van der Waals surface area (Å²) in [4.78, 5) is 0.632. The van der Waals surface area contributed by atoms with E-state index in [2.05, 4.69) is 18.8 Å². The van der Waals surface area contributed by atoms with Gasteiger partial charge in [0.05, 0.1) is 0 Å². The molecule has 3 N–H and O–H groups in total. The molecule has 25 heavy (non-hydrogen) atoms. The van der Waals surface area contributed by atoms with Gasteiger partial charge in [0.2, 0.25) is 0 Å². The van der Waals surface area contributed by atoms with Crippen LogP contribution in [0.4, 0.5) is 0 Å². The van der Waals surface area contributed by atoms with Crippen LogP contribution in [0.25, 0.3) is 0 Å². The first kappa shape index (κ1) is 23.7. The van der Waals surface area contributed by atoms with Crippen molar-refractivity contribution in [2.45, 2.75) is 72.6 Å². The second kappa shape index (κ2) is 12.2. The summed E-state index contributed by atoms with van der Waals surface area (Å²) in [5.41, 5.74) is -0.480. The van der Waals surface area contributed by atoms with Crippen LogP contribution < -0.4 is 0 Å². The topological polar surface area (TPSA) is 77.8 Å². The maximum absolute atomic E-state index is 12.5.